The zero-order valence-corrected chi connectivity index (χ0v) is 14.4. The van der Waals surface area contributed by atoms with Crippen molar-refractivity contribution >= 4 is 60.5 Å². The van der Waals surface area contributed by atoms with Crippen molar-refractivity contribution in [2.24, 2.45) is 0 Å². The number of amides is 1. The maximum absolute atomic E-state index is 12.2. The molecule has 0 aliphatic heterocycles. The van der Waals surface area contributed by atoms with Crippen LogP contribution in [0.2, 0.25) is 0 Å². The molecule has 3 nitrogen and oxygen atoms in total. The molecule has 100 valence electrons. The predicted octanol–water partition coefficient (Wildman–Crippen LogP) is 4.59. The van der Waals surface area contributed by atoms with Gasteiger partial charge in [-0.3, -0.25) is 4.79 Å². The van der Waals surface area contributed by atoms with Crippen LogP contribution in [0.3, 0.4) is 0 Å². The van der Waals surface area contributed by atoms with E-state index >= 15 is 0 Å². The summed E-state index contributed by atoms with van der Waals surface area (Å²) in [6.45, 7) is 0. The van der Waals surface area contributed by atoms with Gasteiger partial charge in [0.1, 0.15) is 0 Å². The van der Waals surface area contributed by atoms with Crippen molar-refractivity contribution in [3.63, 3.8) is 0 Å². The molecule has 1 heterocycles. The first-order valence-electron chi connectivity index (χ1n) is 5.51. The zero-order valence-electron chi connectivity index (χ0n) is 10.4. The molecule has 0 atom stereocenters. The molecule has 0 fully saturated rings. The van der Waals surface area contributed by atoms with Gasteiger partial charge in [-0.1, -0.05) is 6.07 Å². The van der Waals surface area contributed by atoms with Crippen LogP contribution >= 0.6 is 43.2 Å². The predicted molar refractivity (Wildman–Crippen MR) is 88.4 cm³/mol. The van der Waals surface area contributed by atoms with Crippen LogP contribution in [-0.2, 0) is 0 Å². The lowest BCUT2D eigenvalue weighted by Gasteiger charge is -2.13. The maximum atomic E-state index is 12.2. The van der Waals surface area contributed by atoms with Crippen LogP contribution in [-0.4, -0.2) is 20.0 Å². The highest BCUT2D eigenvalue weighted by Gasteiger charge is 2.14. The summed E-state index contributed by atoms with van der Waals surface area (Å²) in [5, 5.41) is 2.90. The zero-order chi connectivity index (χ0) is 14.0. The van der Waals surface area contributed by atoms with Crippen LogP contribution < -0.4 is 10.2 Å². The van der Waals surface area contributed by atoms with Crippen LogP contribution in [0.5, 0.6) is 0 Å². The van der Waals surface area contributed by atoms with Gasteiger partial charge in [-0.25, -0.2) is 0 Å². The standard InChI is InChI=1S/C13H12Br2N2OS/c1-17(2)9-5-3-4-8(6-9)16-13(18)10-7-11(14)19-12(10)15/h3-7H,1-2H3,(H,16,18). The SMILES string of the molecule is CN(C)c1cccc(NC(=O)c2cc(Br)sc2Br)c1. The molecule has 1 N–H and O–H groups in total. The van der Waals surface area contributed by atoms with E-state index in [1.54, 1.807) is 6.07 Å². The van der Waals surface area contributed by atoms with Gasteiger partial charge in [-0.15, -0.1) is 11.3 Å². The van der Waals surface area contributed by atoms with Gasteiger partial charge in [0.05, 0.1) is 13.1 Å². The van der Waals surface area contributed by atoms with Gasteiger partial charge < -0.3 is 10.2 Å². The fourth-order valence-electron chi connectivity index (χ4n) is 1.56. The number of nitrogens with zero attached hydrogens (tertiary/aromatic N) is 1. The summed E-state index contributed by atoms with van der Waals surface area (Å²) < 4.78 is 1.74. The molecule has 0 saturated heterocycles. The first-order chi connectivity index (χ1) is 8.97. The molecule has 0 radical (unpaired) electrons. The van der Waals surface area contributed by atoms with Gasteiger partial charge in [-0.2, -0.15) is 0 Å². The number of carbonyl (C=O) groups is 1. The number of carbonyl (C=O) groups excluding carboxylic acids is 1. The molecule has 0 spiro atoms. The van der Waals surface area contributed by atoms with Gasteiger partial charge in [0.25, 0.3) is 5.91 Å². The minimum absolute atomic E-state index is 0.121. The third-order valence-corrected chi connectivity index (χ3v) is 4.86. The molecule has 0 unspecified atom stereocenters. The van der Waals surface area contributed by atoms with E-state index in [1.165, 1.54) is 11.3 Å². The molecule has 6 heteroatoms. The Balaban J connectivity index is 2.19. The Morgan fingerprint density at radius 2 is 2.00 bits per heavy atom. The number of rotatable bonds is 3. The maximum Gasteiger partial charge on any atom is 0.257 e. The molecule has 1 amide bonds. The second-order valence-electron chi connectivity index (χ2n) is 4.14. The van der Waals surface area contributed by atoms with Crippen molar-refractivity contribution < 1.29 is 4.79 Å². The lowest BCUT2D eigenvalue weighted by Crippen LogP contribution is -2.13. The molecule has 1 aromatic carbocycles. The Hall–Kier alpha value is -0.850. The fourth-order valence-corrected chi connectivity index (χ4v) is 4.35. The second kappa shape index (κ2) is 6.07. The van der Waals surface area contributed by atoms with Crippen molar-refractivity contribution in [3.05, 3.63) is 43.5 Å². The number of hydrogen-bond donors (Lipinski definition) is 1. The van der Waals surface area contributed by atoms with E-state index in [2.05, 4.69) is 37.2 Å². The quantitative estimate of drug-likeness (QED) is 0.812. The van der Waals surface area contributed by atoms with E-state index < -0.39 is 0 Å². The van der Waals surface area contributed by atoms with Crippen molar-refractivity contribution in [3.8, 4) is 0 Å². The first-order valence-corrected chi connectivity index (χ1v) is 7.91. The molecule has 0 saturated carbocycles. The Morgan fingerprint density at radius 1 is 1.26 bits per heavy atom. The Labute approximate surface area is 132 Å². The highest BCUT2D eigenvalue weighted by molar-refractivity contribution is 9.12. The van der Waals surface area contributed by atoms with E-state index in [0.717, 1.165) is 18.9 Å². The van der Waals surface area contributed by atoms with E-state index in [1.807, 2.05) is 43.3 Å². The third-order valence-electron chi connectivity index (χ3n) is 2.52. The van der Waals surface area contributed by atoms with Gasteiger partial charge in [0, 0.05) is 25.5 Å². The molecule has 1 aromatic heterocycles. The van der Waals surface area contributed by atoms with Crippen LogP contribution in [0.4, 0.5) is 11.4 Å². The summed E-state index contributed by atoms with van der Waals surface area (Å²) in [4.78, 5) is 14.2. The Kier molecular flexibility index (Phi) is 4.65. The van der Waals surface area contributed by atoms with E-state index in [9.17, 15) is 4.79 Å². The van der Waals surface area contributed by atoms with Crippen LogP contribution in [0.25, 0.3) is 0 Å². The molecule has 19 heavy (non-hydrogen) atoms. The average Bonchev–Trinajstić information content (AvgIpc) is 2.69. The van der Waals surface area contributed by atoms with Crippen molar-refractivity contribution in [2.45, 2.75) is 0 Å². The lowest BCUT2D eigenvalue weighted by atomic mass is 10.2. The number of benzene rings is 1. The molecule has 2 aromatic rings. The third kappa shape index (κ3) is 3.58. The Morgan fingerprint density at radius 3 is 2.58 bits per heavy atom. The van der Waals surface area contributed by atoms with Gasteiger partial charge in [0.15, 0.2) is 0 Å². The van der Waals surface area contributed by atoms with Gasteiger partial charge >= 0.3 is 0 Å². The summed E-state index contributed by atoms with van der Waals surface area (Å²) >= 11 is 8.24. The number of hydrogen-bond acceptors (Lipinski definition) is 3. The summed E-state index contributed by atoms with van der Waals surface area (Å²) in [5.41, 5.74) is 2.46. The van der Waals surface area contributed by atoms with E-state index in [4.69, 9.17) is 0 Å². The monoisotopic (exact) mass is 402 g/mol. The minimum Gasteiger partial charge on any atom is -0.378 e. The van der Waals surface area contributed by atoms with E-state index in [0.29, 0.717) is 5.56 Å². The van der Waals surface area contributed by atoms with Crippen molar-refractivity contribution in [2.75, 3.05) is 24.3 Å². The van der Waals surface area contributed by atoms with Crippen molar-refractivity contribution in [1.82, 2.24) is 0 Å². The topological polar surface area (TPSA) is 32.3 Å². The fraction of sp³-hybridized carbons (Fsp3) is 0.154. The average molecular weight is 404 g/mol. The first kappa shape index (κ1) is 14.6. The highest BCUT2D eigenvalue weighted by Crippen LogP contribution is 2.32. The number of halogens is 2. The van der Waals surface area contributed by atoms with Crippen LogP contribution in [0.1, 0.15) is 10.4 Å². The summed E-state index contributed by atoms with van der Waals surface area (Å²) in [5.74, 6) is -0.121. The molecule has 2 rings (SSSR count). The van der Waals surface area contributed by atoms with Crippen LogP contribution in [0, 0.1) is 0 Å². The summed E-state index contributed by atoms with van der Waals surface area (Å²) in [7, 11) is 3.93. The normalized spacial score (nSPS) is 10.3. The number of thiophene rings is 1. The second-order valence-corrected chi connectivity index (χ2v) is 7.89. The minimum atomic E-state index is -0.121. The van der Waals surface area contributed by atoms with Crippen LogP contribution in [0.15, 0.2) is 37.9 Å². The molecule has 0 aliphatic rings. The molecular weight excluding hydrogens is 392 g/mol. The summed E-state index contributed by atoms with van der Waals surface area (Å²) in [6.07, 6.45) is 0. The highest BCUT2D eigenvalue weighted by atomic mass is 79.9. The molecule has 0 aliphatic carbocycles. The smallest absolute Gasteiger partial charge is 0.257 e. The number of nitrogens with one attached hydrogen (secondary N) is 1. The van der Waals surface area contributed by atoms with Gasteiger partial charge in [0.2, 0.25) is 0 Å². The van der Waals surface area contributed by atoms with Crippen molar-refractivity contribution in [1.29, 1.82) is 0 Å². The number of anilines is 2. The van der Waals surface area contributed by atoms with E-state index in [-0.39, 0.29) is 5.91 Å². The Bertz CT molecular complexity index is 610. The summed E-state index contributed by atoms with van der Waals surface area (Å²) in [6, 6.07) is 9.53. The van der Waals surface area contributed by atoms with Gasteiger partial charge in [-0.05, 0) is 56.1 Å². The molecular formula is C13H12Br2N2OS. The largest absolute Gasteiger partial charge is 0.378 e. The lowest BCUT2D eigenvalue weighted by molar-refractivity contribution is 0.102. The molecule has 0 bridgehead atoms.